The number of benzene rings is 1. The van der Waals surface area contributed by atoms with Crippen LogP contribution in [0.1, 0.15) is 23.1 Å². The zero-order chi connectivity index (χ0) is 15.4. The van der Waals surface area contributed by atoms with Gasteiger partial charge in [-0.2, -0.15) is 15.0 Å². The van der Waals surface area contributed by atoms with Crippen LogP contribution in [0.4, 0.5) is 11.9 Å². The van der Waals surface area contributed by atoms with Gasteiger partial charge >= 0.3 is 0 Å². The van der Waals surface area contributed by atoms with Crippen molar-refractivity contribution >= 4 is 17.7 Å². The van der Waals surface area contributed by atoms with E-state index in [-0.39, 0.29) is 18.3 Å². The third kappa shape index (κ3) is 3.88. The second kappa shape index (κ2) is 6.17. The fourth-order valence-electron chi connectivity index (χ4n) is 1.62. The number of hydrogen-bond acceptors (Lipinski definition) is 7. The maximum absolute atomic E-state index is 11.2. The first kappa shape index (κ1) is 14.7. The van der Waals surface area contributed by atoms with Gasteiger partial charge in [0.2, 0.25) is 11.9 Å². The Kier molecular flexibility index (Phi) is 4.32. The highest BCUT2D eigenvalue weighted by atomic mass is 16.5. The van der Waals surface area contributed by atoms with Crippen LogP contribution in [0.3, 0.4) is 0 Å². The average molecular weight is 287 g/mol. The number of hydrogen-bond donors (Lipinski definition) is 1. The van der Waals surface area contributed by atoms with Crippen molar-refractivity contribution in [1.29, 1.82) is 0 Å². The molecule has 1 aromatic heterocycles. The van der Waals surface area contributed by atoms with Gasteiger partial charge in [-0.05, 0) is 31.2 Å². The number of aromatic nitrogens is 3. The number of nitrogen functional groups attached to an aromatic ring is 1. The van der Waals surface area contributed by atoms with Crippen LogP contribution >= 0.6 is 0 Å². The van der Waals surface area contributed by atoms with Gasteiger partial charge in [-0.15, -0.1) is 0 Å². The SMILES string of the molecule is CC(=O)c1ccc(OCc2nc(N)nc(N(C)C)n2)cc1. The first-order valence-corrected chi connectivity index (χ1v) is 6.37. The highest BCUT2D eigenvalue weighted by Gasteiger charge is 2.07. The summed E-state index contributed by atoms with van der Waals surface area (Å²) < 4.78 is 5.58. The molecule has 0 saturated carbocycles. The molecule has 0 radical (unpaired) electrons. The minimum absolute atomic E-state index is 0.0161. The van der Waals surface area contributed by atoms with E-state index >= 15 is 0 Å². The number of Topliss-reactive ketones (excluding diaryl/α,β-unsaturated/α-hetero) is 1. The molecule has 2 aromatic rings. The van der Waals surface area contributed by atoms with Crippen LogP contribution in [0.2, 0.25) is 0 Å². The lowest BCUT2D eigenvalue weighted by atomic mass is 10.1. The van der Waals surface area contributed by atoms with Gasteiger partial charge in [0.05, 0.1) is 0 Å². The predicted molar refractivity (Wildman–Crippen MR) is 79.3 cm³/mol. The van der Waals surface area contributed by atoms with Gasteiger partial charge in [0.25, 0.3) is 0 Å². The maximum Gasteiger partial charge on any atom is 0.230 e. The molecule has 0 saturated heterocycles. The lowest BCUT2D eigenvalue weighted by molar-refractivity contribution is 0.101. The van der Waals surface area contributed by atoms with E-state index in [1.165, 1.54) is 6.92 Å². The first-order chi connectivity index (χ1) is 9.95. The Morgan fingerprint density at radius 2 is 1.86 bits per heavy atom. The third-order valence-electron chi connectivity index (χ3n) is 2.72. The minimum atomic E-state index is 0.0161. The maximum atomic E-state index is 11.2. The summed E-state index contributed by atoms with van der Waals surface area (Å²) in [6.45, 7) is 1.69. The molecular weight excluding hydrogens is 270 g/mol. The summed E-state index contributed by atoms with van der Waals surface area (Å²) in [6, 6.07) is 6.89. The smallest absolute Gasteiger partial charge is 0.230 e. The molecule has 0 spiro atoms. The van der Waals surface area contributed by atoms with Crippen LogP contribution < -0.4 is 15.4 Å². The van der Waals surface area contributed by atoms with E-state index in [1.807, 2.05) is 14.1 Å². The molecule has 0 amide bonds. The largest absolute Gasteiger partial charge is 0.486 e. The van der Waals surface area contributed by atoms with Crippen molar-refractivity contribution < 1.29 is 9.53 Å². The molecule has 2 rings (SSSR count). The molecule has 110 valence electrons. The number of carbonyl (C=O) groups excluding carboxylic acids is 1. The number of anilines is 2. The molecular formula is C14H17N5O2. The van der Waals surface area contributed by atoms with Crippen molar-refractivity contribution in [2.75, 3.05) is 24.7 Å². The molecule has 0 aliphatic carbocycles. The fraction of sp³-hybridized carbons (Fsp3) is 0.286. The van der Waals surface area contributed by atoms with Gasteiger partial charge in [0.15, 0.2) is 11.6 Å². The van der Waals surface area contributed by atoms with Crippen LogP contribution in [0.15, 0.2) is 24.3 Å². The van der Waals surface area contributed by atoms with E-state index in [2.05, 4.69) is 15.0 Å². The number of ether oxygens (including phenoxy) is 1. The summed E-state index contributed by atoms with van der Waals surface area (Å²) in [5.74, 6) is 1.72. The number of rotatable bonds is 5. The van der Waals surface area contributed by atoms with E-state index in [4.69, 9.17) is 10.5 Å². The predicted octanol–water partition coefficient (Wildman–Crippen LogP) is 1.30. The van der Waals surface area contributed by atoms with Crippen molar-refractivity contribution in [1.82, 2.24) is 15.0 Å². The van der Waals surface area contributed by atoms with Gasteiger partial charge in [-0.3, -0.25) is 4.79 Å². The summed E-state index contributed by atoms with van der Waals surface area (Å²) in [6.07, 6.45) is 0. The lowest BCUT2D eigenvalue weighted by Crippen LogP contribution is -2.16. The summed E-state index contributed by atoms with van der Waals surface area (Å²) >= 11 is 0. The third-order valence-corrected chi connectivity index (χ3v) is 2.72. The lowest BCUT2D eigenvalue weighted by Gasteiger charge is -2.12. The second-order valence-electron chi connectivity index (χ2n) is 4.67. The van der Waals surface area contributed by atoms with Gasteiger partial charge < -0.3 is 15.4 Å². The summed E-state index contributed by atoms with van der Waals surface area (Å²) in [4.78, 5) is 25.2. The first-order valence-electron chi connectivity index (χ1n) is 6.37. The zero-order valence-corrected chi connectivity index (χ0v) is 12.2. The highest BCUT2D eigenvalue weighted by Crippen LogP contribution is 2.14. The van der Waals surface area contributed by atoms with Crippen LogP contribution in [0.5, 0.6) is 5.75 Å². The number of carbonyl (C=O) groups is 1. The summed E-state index contributed by atoms with van der Waals surface area (Å²) in [5, 5.41) is 0. The molecule has 0 fully saturated rings. The van der Waals surface area contributed by atoms with Gasteiger partial charge in [-0.25, -0.2) is 0 Å². The molecule has 0 aliphatic rings. The van der Waals surface area contributed by atoms with E-state index in [0.717, 1.165) is 0 Å². The topological polar surface area (TPSA) is 94.2 Å². The van der Waals surface area contributed by atoms with Crippen LogP contribution in [0, 0.1) is 0 Å². The van der Waals surface area contributed by atoms with Crippen LogP contribution in [-0.4, -0.2) is 34.8 Å². The van der Waals surface area contributed by atoms with Crippen molar-refractivity contribution in [2.24, 2.45) is 0 Å². The van der Waals surface area contributed by atoms with Gasteiger partial charge in [-0.1, -0.05) is 0 Å². The highest BCUT2D eigenvalue weighted by molar-refractivity contribution is 5.94. The van der Waals surface area contributed by atoms with Crippen molar-refractivity contribution in [2.45, 2.75) is 13.5 Å². The van der Waals surface area contributed by atoms with Crippen molar-refractivity contribution in [3.8, 4) is 5.75 Å². The Labute approximate surface area is 122 Å². The second-order valence-corrected chi connectivity index (χ2v) is 4.67. The number of nitrogens with two attached hydrogens (primary N) is 1. The van der Waals surface area contributed by atoms with Gasteiger partial charge in [0, 0.05) is 19.7 Å². The van der Waals surface area contributed by atoms with E-state index in [0.29, 0.717) is 23.1 Å². The Balaban J connectivity index is 2.07. The Morgan fingerprint density at radius 1 is 1.19 bits per heavy atom. The van der Waals surface area contributed by atoms with Crippen LogP contribution in [0.25, 0.3) is 0 Å². The Morgan fingerprint density at radius 3 is 2.43 bits per heavy atom. The molecule has 7 heteroatoms. The molecule has 1 aromatic carbocycles. The summed E-state index contributed by atoms with van der Waals surface area (Å²) in [5.41, 5.74) is 6.28. The van der Waals surface area contributed by atoms with Gasteiger partial charge in [0.1, 0.15) is 12.4 Å². The normalized spacial score (nSPS) is 10.2. The molecule has 1 heterocycles. The minimum Gasteiger partial charge on any atom is -0.486 e. The number of nitrogens with zero attached hydrogens (tertiary/aromatic N) is 4. The Hall–Kier alpha value is -2.70. The average Bonchev–Trinajstić information content (AvgIpc) is 2.45. The molecule has 7 nitrogen and oxygen atoms in total. The fourth-order valence-corrected chi connectivity index (χ4v) is 1.62. The van der Waals surface area contributed by atoms with E-state index in [1.54, 1.807) is 29.2 Å². The van der Waals surface area contributed by atoms with E-state index < -0.39 is 0 Å². The Bertz CT molecular complexity index is 640. The standard InChI is InChI=1S/C14H17N5O2/c1-9(20)10-4-6-11(7-5-10)21-8-12-16-13(15)18-14(17-12)19(2)3/h4-7H,8H2,1-3H3,(H2,15,16,17,18). The number of ketones is 1. The molecule has 0 unspecified atom stereocenters. The molecule has 0 bridgehead atoms. The quantitative estimate of drug-likeness (QED) is 0.828. The molecule has 0 atom stereocenters. The monoisotopic (exact) mass is 287 g/mol. The molecule has 0 aliphatic heterocycles. The van der Waals surface area contributed by atoms with Crippen LogP contribution in [-0.2, 0) is 6.61 Å². The molecule has 2 N–H and O–H groups in total. The molecule has 21 heavy (non-hydrogen) atoms. The zero-order valence-electron chi connectivity index (χ0n) is 12.2. The van der Waals surface area contributed by atoms with Crippen molar-refractivity contribution in [3.63, 3.8) is 0 Å². The van der Waals surface area contributed by atoms with Crippen molar-refractivity contribution in [3.05, 3.63) is 35.7 Å². The summed E-state index contributed by atoms with van der Waals surface area (Å²) in [7, 11) is 3.64. The van der Waals surface area contributed by atoms with E-state index in [9.17, 15) is 4.79 Å².